The number of hydrogen-bond donors (Lipinski definition) is 0. The van der Waals surface area contributed by atoms with E-state index in [2.05, 4.69) is 15.9 Å². The number of Topliss-reactive ketones (excluding diaryl/α,β-unsaturated/α-hetero) is 1. The Hall–Kier alpha value is -0.620. The molecule has 0 aliphatic carbocycles. The van der Waals surface area contributed by atoms with Gasteiger partial charge in [0, 0.05) is 6.54 Å². The molecule has 0 bridgehead atoms. The summed E-state index contributed by atoms with van der Waals surface area (Å²) in [4.78, 5) is 24.8. The summed E-state index contributed by atoms with van der Waals surface area (Å²) in [6.45, 7) is 6.52. The van der Waals surface area contributed by atoms with E-state index >= 15 is 0 Å². The molecule has 17 heavy (non-hydrogen) atoms. The lowest BCUT2D eigenvalue weighted by Crippen LogP contribution is -2.50. The van der Waals surface area contributed by atoms with E-state index in [1.165, 1.54) is 4.90 Å². The lowest BCUT2D eigenvalue weighted by molar-refractivity contribution is -0.132. The highest BCUT2D eigenvalue weighted by Crippen LogP contribution is 2.13. The number of ether oxygens (including phenoxy) is 2. The van der Waals surface area contributed by atoms with Crippen molar-refractivity contribution >= 4 is 27.8 Å². The molecule has 6 heteroatoms. The molecule has 0 spiro atoms. The zero-order chi connectivity index (χ0) is 13.1. The molecule has 0 aromatic heterocycles. The quantitative estimate of drug-likeness (QED) is 0.727. The Morgan fingerprint density at radius 3 is 2.65 bits per heavy atom. The summed E-state index contributed by atoms with van der Waals surface area (Å²) in [5.74, 6) is -0.0572. The molecule has 5 nitrogen and oxygen atoms in total. The minimum atomic E-state index is -0.546. The minimum absolute atomic E-state index is 0.0572. The van der Waals surface area contributed by atoms with E-state index in [1.54, 1.807) is 0 Å². The van der Waals surface area contributed by atoms with Crippen LogP contribution in [-0.4, -0.2) is 53.5 Å². The fourth-order valence-electron chi connectivity index (χ4n) is 1.42. The van der Waals surface area contributed by atoms with Crippen molar-refractivity contribution in [3.63, 3.8) is 0 Å². The second kappa shape index (κ2) is 5.82. The molecule has 1 heterocycles. The highest BCUT2D eigenvalue weighted by Gasteiger charge is 2.30. The number of morpholine rings is 1. The molecule has 0 saturated carbocycles. The lowest BCUT2D eigenvalue weighted by Gasteiger charge is -2.33. The van der Waals surface area contributed by atoms with Gasteiger partial charge in [-0.3, -0.25) is 4.79 Å². The zero-order valence-electron chi connectivity index (χ0n) is 10.4. The van der Waals surface area contributed by atoms with E-state index < -0.39 is 17.8 Å². The normalized spacial score (nSPS) is 21.2. The van der Waals surface area contributed by atoms with Crippen LogP contribution in [0.25, 0.3) is 0 Å². The van der Waals surface area contributed by atoms with Crippen LogP contribution in [0, 0.1) is 0 Å². The van der Waals surface area contributed by atoms with Crippen molar-refractivity contribution in [3.05, 3.63) is 0 Å². The molecule has 1 unspecified atom stereocenters. The molecule has 0 N–H and O–H groups in total. The summed E-state index contributed by atoms with van der Waals surface area (Å²) >= 11 is 3.09. The molecule has 1 fully saturated rings. The number of alkyl halides is 1. The maximum absolute atomic E-state index is 11.8. The van der Waals surface area contributed by atoms with Gasteiger partial charge in [0.15, 0.2) is 5.78 Å². The summed E-state index contributed by atoms with van der Waals surface area (Å²) in [6, 6.07) is 0. The average Bonchev–Trinajstić information content (AvgIpc) is 2.26. The summed E-state index contributed by atoms with van der Waals surface area (Å²) in [6.07, 6.45) is -0.941. The Bertz CT molecular complexity index is 300. The molecular formula is C11H18BrNO4. The van der Waals surface area contributed by atoms with Crippen LogP contribution in [0.4, 0.5) is 4.79 Å². The van der Waals surface area contributed by atoms with Crippen molar-refractivity contribution in [1.29, 1.82) is 0 Å². The number of amides is 1. The first-order valence-corrected chi connectivity index (χ1v) is 6.64. The molecule has 1 rings (SSSR count). The number of carbonyl (C=O) groups excluding carboxylic acids is 2. The van der Waals surface area contributed by atoms with Gasteiger partial charge in [0.2, 0.25) is 0 Å². The minimum Gasteiger partial charge on any atom is -0.444 e. The predicted octanol–water partition coefficient (Wildman–Crippen LogP) is 1.59. The number of halogens is 1. The fraction of sp³-hybridized carbons (Fsp3) is 0.818. The molecule has 0 aromatic carbocycles. The third-order valence-electron chi connectivity index (χ3n) is 2.21. The van der Waals surface area contributed by atoms with Gasteiger partial charge in [-0.2, -0.15) is 0 Å². The monoisotopic (exact) mass is 307 g/mol. The summed E-state index contributed by atoms with van der Waals surface area (Å²) in [7, 11) is 0. The van der Waals surface area contributed by atoms with Crippen LogP contribution in [0.5, 0.6) is 0 Å². The highest BCUT2D eigenvalue weighted by atomic mass is 79.9. The molecule has 1 atom stereocenters. The van der Waals surface area contributed by atoms with Gasteiger partial charge in [0.25, 0.3) is 0 Å². The fourth-order valence-corrected chi connectivity index (χ4v) is 1.78. The van der Waals surface area contributed by atoms with Crippen LogP contribution in [-0.2, 0) is 14.3 Å². The SMILES string of the molecule is CC(C)(C)OC(=O)N1CCOC(C(=O)CBr)C1. The summed E-state index contributed by atoms with van der Waals surface area (Å²) in [5, 5.41) is 0.236. The highest BCUT2D eigenvalue weighted by molar-refractivity contribution is 9.09. The van der Waals surface area contributed by atoms with Crippen molar-refractivity contribution in [2.24, 2.45) is 0 Å². The Morgan fingerprint density at radius 1 is 1.47 bits per heavy atom. The van der Waals surface area contributed by atoms with E-state index in [0.717, 1.165) is 0 Å². The number of nitrogens with zero attached hydrogens (tertiary/aromatic N) is 1. The molecule has 98 valence electrons. The number of carbonyl (C=O) groups is 2. The van der Waals surface area contributed by atoms with Crippen molar-refractivity contribution in [3.8, 4) is 0 Å². The maximum atomic E-state index is 11.8. The van der Waals surface area contributed by atoms with E-state index in [0.29, 0.717) is 13.2 Å². The van der Waals surface area contributed by atoms with Crippen LogP contribution in [0.15, 0.2) is 0 Å². The van der Waals surface area contributed by atoms with Crippen LogP contribution < -0.4 is 0 Å². The molecule has 1 aliphatic rings. The van der Waals surface area contributed by atoms with Gasteiger partial charge in [0.1, 0.15) is 11.7 Å². The Balaban J connectivity index is 2.55. The first kappa shape index (κ1) is 14.4. The smallest absolute Gasteiger partial charge is 0.410 e. The van der Waals surface area contributed by atoms with Crippen LogP contribution in [0.2, 0.25) is 0 Å². The molecule has 0 radical (unpaired) electrons. The third kappa shape index (κ3) is 4.63. The van der Waals surface area contributed by atoms with Crippen molar-refractivity contribution in [2.75, 3.05) is 25.0 Å². The molecule has 1 aliphatic heterocycles. The van der Waals surface area contributed by atoms with Gasteiger partial charge < -0.3 is 14.4 Å². The van der Waals surface area contributed by atoms with Gasteiger partial charge in [-0.1, -0.05) is 15.9 Å². The van der Waals surface area contributed by atoms with Gasteiger partial charge in [-0.15, -0.1) is 0 Å². The second-order valence-electron chi connectivity index (χ2n) is 4.89. The van der Waals surface area contributed by atoms with E-state index in [-0.39, 0.29) is 17.7 Å². The zero-order valence-corrected chi connectivity index (χ0v) is 11.9. The predicted molar refractivity (Wildman–Crippen MR) is 66.3 cm³/mol. The first-order valence-electron chi connectivity index (χ1n) is 5.51. The molecule has 1 saturated heterocycles. The van der Waals surface area contributed by atoms with Gasteiger partial charge in [-0.25, -0.2) is 4.79 Å². The van der Waals surface area contributed by atoms with Gasteiger partial charge in [-0.05, 0) is 20.8 Å². The van der Waals surface area contributed by atoms with Crippen molar-refractivity contribution in [2.45, 2.75) is 32.5 Å². The largest absolute Gasteiger partial charge is 0.444 e. The first-order chi connectivity index (χ1) is 7.83. The summed E-state index contributed by atoms with van der Waals surface area (Å²) < 4.78 is 10.6. The van der Waals surface area contributed by atoms with E-state index in [9.17, 15) is 9.59 Å². The molecular weight excluding hydrogens is 290 g/mol. The van der Waals surface area contributed by atoms with Crippen LogP contribution in [0.3, 0.4) is 0 Å². The van der Waals surface area contributed by atoms with Gasteiger partial charge in [0.05, 0.1) is 18.5 Å². The second-order valence-corrected chi connectivity index (χ2v) is 5.45. The Kier molecular flexibility index (Phi) is 4.94. The standard InChI is InChI=1S/C11H18BrNO4/c1-11(2,3)17-10(15)13-4-5-16-9(7-13)8(14)6-12/h9H,4-7H2,1-3H3. The molecule has 1 amide bonds. The number of hydrogen-bond acceptors (Lipinski definition) is 4. The number of ketones is 1. The van der Waals surface area contributed by atoms with E-state index in [1.807, 2.05) is 20.8 Å². The van der Waals surface area contributed by atoms with Gasteiger partial charge >= 0.3 is 6.09 Å². The van der Waals surface area contributed by atoms with E-state index in [4.69, 9.17) is 9.47 Å². The maximum Gasteiger partial charge on any atom is 0.410 e. The topological polar surface area (TPSA) is 55.8 Å². The van der Waals surface area contributed by atoms with Crippen molar-refractivity contribution < 1.29 is 19.1 Å². The Morgan fingerprint density at radius 2 is 2.12 bits per heavy atom. The number of rotatable bonds is 2. The third-order valence-corrected chi connectivity index (χ3v) is 2.76. The molecule has 0 aromatic rings. The Labute approximate surface area is 110 Å². The lowest BCUT2D eigenvalue weighted by atomic mass is 10.2. The van der Waals surface area contributed by atoms with Crippen LogP contribution >= 0.6 is 15.9 Å². The average molecular weight is 308 g/mol. The van der Waals surface area contributed by atoms with Crippen molar-refractivity contribution in [1.82, 2.24) is 4.90 Å². The summed E-state index contributed by atoms with van der Waals surface area (Å²) in [5.41, 5.74) is -0.523. The van der Waals surface area contributed by atoms with Crippen LogP contribution in [0.1, 0.15) is 20.8 Å².